The number of carboxylic acid groups (broad SMARTS) is 1. The molecule has 0 radical (unpaired) electrons. The molecule has 0 amide bonds. The Morgan fingerprint density at radius 2 is 1.74 bits per heavy atom. The zero-order valence-corrected chi connectivity index (χ0v) is 16.0. The van der Waals surface area contributed by atoms with Crippen LogP contribution in [0.2, 0.25) is 5.02 Å². The maximum Gasteiger partial charge on any atom is 0.329 e. The topological polar surface area (TPSA) is 53.0 Å². The van der Waals surface area contributed by atoms with Crippen molar-refractivity contribution in [2.45, 2.75) is 6.04 Å². The van der Waals surface area contributed by atoms with Crippen molar-refractivity contribution >= 4 is 17.6 Å². The van der Waals surface area contributed by atoms with Crippen LogP contribution < -0.4 is 0 Å². The van der Waals surface area contributed by atoms with Gasteiger partial charge in [0, 0.05) is 37.7 Å². The van der Waals surface area contributed by atoms with Crippen LogP contribution in [0.25, 0.3) is 0 Å². The Hall–Kier alpha value is -1.92. The summed E-state index contributed by atoms with van der Waals surface area (Å²) in [4.78, 5) is 15.3. The Morgan fingerprint density at radius 3 is 2.41 bits per heavy atom. The number of benzene rings is 2. The average molecular weight is 389 g/mol. The van der Waals surface area contributed by atoms with E-state index in [0.29, 0.717) is 6.61 Å². The van der Waals surface area contributed by atoms with Crippen molar-refractivity contribution in [1.29, 1.82) is 0 Å². The van der Waals surface area contributed by atoms with Crippen LogP contribution in [0, 0.1) is 0 Å². The summed E-state index contributed by atoms with van der Waals surface area (Å²) in [5.74, 6) is -0.924. The van der Waals surface area contributed by atoms with E-state index in [2.05, 4.69) is 40.1 Å². The van der Waals surface area contributed by atoms with Crippen LogP contribution in [0.3, 0.4) is 0 Å². The smallest absolute Gasteiger partial charge is 0.329 e. The van der Waals surface area contributed by atoms with Gasteiger partial charge in [-0.1, -0.05) is 54.1 Å². The summed E-state index contributed by atoms with van der Waals surface area (Å²) in [5, 5.41) is 9.38. The van der Waals surface area contributed by atoms with E-state index in [1.165, 1.54) is 11.1 Å². The highest BCUT2D eigenvalue weighted by Crippen LogP contribution is 2.30. The van der Waals surface area contributed by atoms with Crippen LogP contribution in [0.4, 0.5) is 0 Å². The number of carbonyl (C=O) groups is 1. The summed E-state index contributed by atoms with van der Waals surface area (Å²) in [5.41, 5.74) is 2.46. The van der Waals surface area contributed by atoms with Gasteiger partial charge in [0.25, 0.3) is 0 Å². The van der Waals surface area contributed by atoms with Crippen molar-refractivity contribution in [3.8, 4) is 0 Å². The van der Waals surface area contributed by atoms with Gasteiger partial charge in [-0.3, -0.25) is 9.80 Å². The van der Waals surface area contributed by atoms with Crippen molar-refractivity contribution in [3.63, 3.8) is 0 Å². The SMILES string of the molecule is O=C(O)COCCN1CCN([C@H](c2ccccc2)c2cccc(Cl)c2)CC1. The standard InChI is InChI=1S/C21H25ClN2O3/c22-19-8-4-7-18(15-19)21(17-5-2-1-3-6-17)24-11-9-23(10-12-24)13-14-27-16-20(25)26/h1-8,15,21H,9-14,16H2,(H,25,26)/t21-/m1/s1. The van der Waals surface area contributed by atoms with Crippen LogP contribution in [-0.4, -0.2) is 66.8 Å². The minimum Gasteiger partial charge on any atom is -0.480 e. The Morgan fingerprint density at radius 1 is 1.04 bits per heavy atom. The van der Waals surface area contributed by atoms with Crippen molar-refractivity contribution in [2.75, 3.05) is 45.9 Å². The van der Waals surface area contributed by atoms with Crippen LogP contribution >= 0.6 is 11.6 Å². The van der Waals surface area contributed by atoms with E-state index in [-0.39, 0.29) is 12.6 Å². The van der Waals surface area contributed by atoms with Crippen molar-refractivity contribution < 1.29 is 14.6 Å². The number of piperazine rings is 1. The second kappa shape index (κ2) is 9.85. The highest BCUT2D eigenvalue weighted by Gasteiger charge is 2.26. The van der Waals surface area contributed by atoms with Crippen LogP contribution in [0.15, 0.2) is 54.6 Å². The lowest BCUT2D eigenvalue weighted by Gasteiger charge is -2.39. The number of nitrogens with zero attached hydrogens (tertiary/aromatic N) is 2. The normalized spacial score (nSPS) is 16.9. The summed E-state index contributed by atoms with van der Waals surface area (Å²) in [7, 11) is 0. The third-order valence-corrected chi connectivity index (χ3v) is 5.06. The first-order valence-electron chi connectivity index (χ1n) is 9.20. The molecule has 0 bridgehead atoms. The second-order valence-corrected chi connectivity index (χ2v) is 7.13. The number of hydrogen-bond donors (Lipinski definition) is 1. The molecule has 0 unspecified atom stereocenters. The molecule has 1 atom stereocenters. The molecule has 3 rings (SSSR count). The summed E-state index contributed by atoms with van der Waals surface area (Å²) in [6.07, 6.45) is 0. The Balaban J connectivity index is 1.64. The number of hydrogen-bond acceptors (Lipinski definition) is 4. The zero-order chi connectivity index (χ0) is 19.1. The summed E-state index contributed by atoms with van der Waals surface area (Å²) >= 11 is 6.25. The molecule has 1 aliphatic rings. The van der Waals surface area contributed by atoms with Gasteiger partial charge in [0.05, 0.1) is 12.6 Å². The first kappa shape index (κ1) is 19.8. The second-order valence-electron chi connectivity index (χ2n) is 6.69. The molecule has 1 saturated heterocycles. The van der Waals surface area contributed by atoms with E-state index < -0.39 is 5.97 Å². The molecule has 6 heteroatoms. The molecule has 0 spiro atoms. The molecule has 0 aliphatic carbocycles. The quantitative estimate of drug-likeness (QED) is 0.704. The summed E-state index contributed by atoms with van der Waals surface area (Å²) in [6, 6.07) is 18.8. The van der Waals surface area contributed by atoms with Gasteiger partial charge in [-0.2, -0.15) is 0 Å². The average Bonchev–Trinajstić information content (AvgIpc) is 2.67. The number of halogens is 1. The molecule has 2 aromatic carbocycles. The van der Waals surface area contributed by atoms with E-state index >= 15 is 0 Å². The van der Waals surface area contributed by atoms with E-state index in [1.807, 2.05) is 24.3 Å². The number of carboxylic acids is 1. The van der Waals surface area contributed by atoms with E-state index in [0.717, 1.165) is 37.7 Å². The zero-order valence-electron chi connectivity index (χ0n) is 15.3. The molecule has 144 valence electrons. The number of rotatable bonds is 8. The molecule has 1 aliphatic heterocycles. The van der Waals surface area contributed by atoms with E-state index in [4.69, 9.17) is 21.4 Å². The maximum absolute atomic E-state index is 10.5. The van der Waals surface area contributed by atoms with Crippen LogP contribution in [0.5, 0.6) is 0 Å². The predicted molar refractivity (Wildman–Crippen MR) is 106 cm³/mol. The first-order valence-corrected chi connectivity index (χ1v) is 9.57. The third-order valence-electron chi connectivity index (χ3n) is 4.83. The highest BCUT2D eigenvalue weighted by molar-refractivity contribution is 6.30. The molecule has 1 fully saturated rings. The lowest BCUT2D eigenvalue weighted by molar-refractivity contribution is -0.142. The van der Waals surface area contributed by atoms with Gasteiger partial charge in [0.2, 0.25) is 0 Å². The Kier molecular flexibility index (Phi) is 7.24. The van der Waals surface area contributed by atoms with Gasteiger partial charge < -0.3 is 9.84 Å². The van der Waals surface area contributed by atoms with Gasteiger partial charge in [0.15, 0.2) is 0 Å². The van der Waals surface area contributed by atoms with Crippen LogP contribution in [-0.2, 0) is 9.53 Å². The molecule has 27 heavy (non-hydrogen) atoms. The van der Waals surface area contributed by atoms with E-state index in [1.54, 1.807) is 0 Å². The molecular formula is C21H25ClN2O3. The van der Waals surface area contributed by atoms with Gasteiger partial charge in [0.1, 0.15) is 6.61 Å². The predicted octanol–water partition coefficient (Wildman–Crippen LogP) is 3.15. The minimum atomic E-state index is -0.924. The fraction of sp³-hybridized carbons (Fsp3) is 0.381. The molecular weight excluding hydrogens is 364 g/mol. The number of ether oxygens (including phenoxy) is 1. The Bertz CT molecular complexity index is 733. The van der Waals surface area contributed by atoms with Gasteiger partial charge in [-0.25, -0.2) is 4.79 Å². The largest absolute Gasteiger partial charge is 0.480 e. The molecule has 2 aromatic rings. The molecule has 1 N–H and O–H groups in total. The van der Waals surface area contributed by atoms with Crippen molar-refractivity contribution in [3.05, 3.63) is 70.7 Å². The summed E-state index contributed by atoms with van der Waals surface area (Å²) in [6.45, 7) is 4.71. The lowest BCUT2D eigenvalue weighted by atomic mass is 9.96. The van der Waals surface area contributed by atoms with Crippen LogP contribution in [0.1, 0.15) is 17.2 Å². The van der Waals surface area contributed by atoms with E-state index in [9.17, 15) is 4.79 Å². The van der Waals surface area contributed by atoms with Crippen molar-refractivity contribution in [2.24, 2.45) is 0 Å². The molecule has 1 heterocycles. The molecule has 5 nitrogen and oxygen atoms in total. The molecule has 0 saturated carbocycles. The monoisotopic (exact) mass is 388 g/mol. The van der Waals surface area contributed by atoms with Gasteiger partial charge in [-0.05, 0) is 23.3 Å². The van der Waals surface area contributed by atoms with Gasteiger partial charge >= 0.3 is 5.97 Å². The fourth-order valence-electron chi connectivity index (χ4n) is 3.52. The number of aliphatic carboxylic acids is 1. The highest BCUT2D eigenvalue weighted by atomic mass is 35.5. The maximum atomic E-state index is 10.5. The molecule has 0 aromatic heterocycles. The lowest BCUT2D eigenvalue weighted by Crippen LogP contribution is -2.48. The minimum absolute atomic E-state index is 0.176. The fourth-order valence-corrected chi connectivity index (χ4v) is 3.72. The van der Waals surface area contributed by atoms with Gasteiger partial charge in [-0.15, -0.1) is 0 Å². The Labute approximate surface area is 165 Å². The summed E-state index contributed by atoms with van der Waals surface area (Å²) < 4.78 is 5.15. The van der Waals surface area contributed by atoms with Crippen molar-refractivity contribution in [1.82, 2.24) is 9.80 Å². The third kappa shape index (κ3) is 5.78. The first-order chi connectivity index (χ1) is 13.1.